The first-order valence-corrected chi connectivity index (χ1v) is 11.8. The Bertz CT molecular complexity index is 962. The Labute approximate surface area is 196 Å². The maximum Gasteiger partial charge on any atom is 0.246 e. The third-order valence-electron chi connectivity index (χ3n) is 6.50. The van der Waals surface area contributed by atoms with Crippen molar-refractivity contribution in [3.8, 4) is 0 Å². The molecule has 6 heteroatoms. The summed E-state index contributed by atoms with van der Waals surface area (Å²) in [6, 6.07) is 18.1. The molecule has 2 aliphatic rings. The lowest BCUT2D eigenvalue weighted by atomic mass is 9.95. The van der Waals surface area contributed by atoms with E-state index in [-0.39, 0.29) is 17.7 Å². The molecule has 2 aromatic carbocycles. The summed E-state index contributed by atoms with van der Waals surface area (Å²) in [5, 5.41) is 0. The molecule has 4 rings (SSSR count). The van der Waals surface area contributed by atoms with Crippen LogP contribution in [0.5, 0.6) is 0 Å². The maximum atomic E-state index is 13.2. The van der Waals surface area contributed by atoms with E-state index in [4.69, 9.17) is 4.74 Å². The van der Waals surface area contributed by atoms with Crippen molar-refractivity contribution in [3.63, 3.8) is 0 Å². The zero-order valence-electron chi connectivity index (χ0n) is 19.4. The van der Waals surface area contributed by atoms with Crippen LogP contribution in [0.15, 0.2) is 60.7 Å². The summed E-state index contributed by atoms with van der Waals surface area (Å²) in [5.41, 5.74) is 3.36. The van der Waals surface area contributed by atoms with Gasteiger partial charge < -0.3 is 19.4 Å². The largest absolute Gasteiger partial charge is 0.378 e. The maximum absolute atomic E-state index is 13.2. The summed E-state index contributed by atoms with van der Waals surface area (Å²) in [5.74, 6) is 0.143. The number of ether oxygens (including phenoxy) is 1. The average Bonchev–Trinajstić information content (AvgIpc) is 2.88. The Balaban J connectivity index is 1.30. The molecule has 0 saturated carbocycles. The van der Waals surface area contributed by atoms with Gasteiger partial charge >= 0.3 is 0 Å². The third-order valence-corrected chi connectivity index (χ3v) is 6.50. The van der Waals surface area contributed by atoms with Gasteiger partial charge in [0.1, 0.15) is 0 Å². The van der Waals surface area contributed by atoms with Crippen molar-refractivity contribution in [2.45, 2.75) is 19.4 Å². The van der Waals surface area contributed by atoms with Gasteiger partial charge in [-0.25, -0.2) is 0 Å². The number of carbonyl (C=O) groups is 2. The highest BCUT2D eigenvalue weighted by Crippen LogP contribution is 2.25. The van der Waals surface area contributed by atoms with Crippen LogP contribution in [0.1, 0.15) is 24.0 Å². The van der Waals surface area contributed by atoms with Crippen molar-refractivity contribution in [1.29, 1.82) is 0 Å². The van der Waals surface area contributed by atoms with Crippen LogP contribution in [0, 0.1) is 5.92 Å². The fraction of sp³-hybridized carbons (Fsp3) is 0.407. The normalized spacial score (nSPS) is 17.4. The van der Waals surface area contributed by atoms with Gasteiger partial charge in [0.05, 0.1) is 13.2 Å². The Morgan fingerprint density at radius 1 is 0.970 bits per heavy atom. The second kappa shape index (κ2) is 11.1. The van der Waals surface area contributed by atoms with Crippen LogP contribution < -0.4 is 4.90 Å². The molecule has 2 amide bonds. The molecule has 0 unspecified atom stereocenters. The lowest BCUT2D eigenvalue weighted by Gasteiger charge is -2.34. The lowest BCUT2D eigenvalue weighted by molar-refractivity contribution is -0.138. The van der Waals surface area contributed by atoms with Gasteiger partial charge in [-0.3, -0.25) is 9.59 Å². The molecule has 0 spiro atoms. The first kappa shape index (κ1) is 23.1. The molecule has 0 aromatic heterocycles. The minimum atomic E-state index is -0.0345. The van der Waals surface area contributed by atoms with E-state index in [0.29, 0.717) is 32.5 Å². The molecule has 2 fully saturated rings. The molecule has 0 atom stereocenters. The van der Waals surface area contributed by atoms with Crippen LogP contribution in [-0.2, 0) is 20.9 Å². The molecule has 6 nitrogen and oxygen atoms in total. The number of amides is 2. The Kier molecular flexibility index (Phi) is 7.79. The van der Waals surface area contributed by atoms with E-state index >= 15 is 0 Å². The van der Waals surface area contributed by atoms with E-state index in [9.17, 15) is 9.59 Å². The smallest absolute Gasteiger partial charge is 0.246 e. The molecule has 2 heterocycles. The fourth-order valence-electron chi connectivity index (χ4n) is 4.59. The predicted octanol–water partition coefficient (Wildman–Crippen LogP) is 3.43. The van der Waals surface area contributed by atoms with Gasteiger partial charge in [-0.15, -0.1) is 0 Å². The van der Waals surface area contributed by atoms with Gasteiger partial charge in [-0.1, -0.05) is 48.5 Å². The van der Waals surface area contributed by atoms with E-state index < -0.39 is 0 Å². The summed E-state index contributed by atoms with van der Waals surface area (Å²) >= 11 is 0. The first-order valence-electron chi connectivity index (χ1n) is 11.8. The number of rotatable bonds is 6. The van der Waals surface area contributed by atoms with Gasteiger partial charge in [-0.2, -0.15) is 0 Å². The molecular formula is C27H33N3O3. The van der Waals surface area contributed by atoms with Crippen LogP contribution in [0.25, 0.3) is 6.08 Å². The molecule has 0 radical (unpaired) electrons. The van der Waals surface area contributed by atoms with Crippen molar-refractivity contribution < 1.29 is 14.3 Å². The van der Waals surface area contributed by atoms with Crippen molar-refractivity contribution >= 4 is 23.6 Å². The summed E-state index contributed by atoms with van der Waals surface area (Å²) < 4.78 is 5.48. The van der Waals surface area contributed by atoms with Gasteiger partial charge in [0.15, 0.2) is 0 Å². The van der Waals surface area contributed by atoms with Crippen LogP contribution >= 0.6 is 0 Å². The highest BCUT2D eigenvalue weighted by Gasteiger charge is 2.29. The number of morpholine rings is 1. The highest BCUT2D eigenvalue weighted by molar-refractivity contribution is 5.92. The van der Waals surface area contributed by atoms with Gasteiger partial charge in [-0.05, 0) is 36.1 Å². The molecule has 2 aliphatic heterocycles. The standard InChI is InChI=1S/C27H33N3O3/c1-28(21-24-9-5-6-10-25(24)29-17-19-33-20-18-29)27(32)23-13-15-30(16-14-23)26(31)12-11-22-7-3-2-4-8-22/h2-12,23H,13-21H2,1H3. The Morgan fingerprint density at radius 2 is 1.64 bits per heavy atom. The van der Waals surface area contributed by atoms with Crippen LogP contribution in [-0.4, -0.2) is 68.1 Å². The molecule has 33 heavy (non-hydrogen) atoms. The van der Waals surface area contributed by atoms with Crippen LogP contribution in [0.3, 0.4) is 0 Å². The number of para-hydroxylation sites is 1. The summed E-state index contributed by atoms with van der Waals surface area (Å²) in [4.78, 5) is 31.7. The summed E-state index contributed by atoms with van der Waals surface area (Å²) in [6.07, 6.45) is 4.89. The number of hydrogen-bond acceptors (Lipinski definition) is 4. The Morgan fingerprint density at radius 3 is 2.36 bits per heavy atom. The number of benzene rings is 2. The van der Waals surface area contributed by atoms with Gasteiger partial charge in [0.2, 0.25) is 11.8 Å². The second-order valence-corrected chi connectivity index (χ2v) is 8.77. The number of hydrogen-bond donors (Lipinski definition) is 0. The van der Waals surface area contributed by atoms with Crippen molar-refractivity contribution in [1.82, 2.24) is 9.80 Å². The van der Waals surface area contributed by atoms with E-state index in [1.807, 2.05) is 59.3 Å². The van der Waals surface area contributed by atoms with E-state index in [1.165, 1.54) is 5.69 Å². The summed E-state index contributed by atoms with van der Waals surface area (Å²) in [7, 11) is 1.89. The summed E-state index contributed by atoms with van der Waals surface area (Å²) in [6.45, 7) is 5.05. The molecular weight excluding hydrogens is 414 g/mol. The van der Waals surface area contributed by atoms with Crippen LogP contribution in [0.2, 0.25) is 0 Å². The molecule has 174 valence electrons. The Hall–Kier alpha value is -3.12. The third kappa shape index (κ3) is 6.02. The number of carbonyl (C=O) groups excluding carboxylic acids is 2. The van der Waals surface area contributed by atoms with Crippen LogP contribution in [0.4, 0.5) is 5.69 Å². The quantitative estimate of drug-likeness (QED) is 0.637. The molecule has 0 N–H and O–H groups in total. The zero-order valence-corrected chi connectivity index (χ0v) is 19.4. The number of anilines is 1. The number of likely N-dealkylation sites (tertiary alicyclic amines) is 1. The molecule has 2 aromatic rings. The van der Waals surface area contributed by atoms with E-state index in [2.05, 4.69) is 23.1 Å². The zero-order chi connectivity index (χ0) is 23.0. The van der Waals surface area contributed by atoms with E-state index in [0.717, 1.165) is 37.4 Å². The molecule has 2 saturated heterocycles. The minimum Gasteiger partial charge on any atom is -0.378 e. The highest BCUT2D eigenvalue weighted by atomic mass is 16.5. The second-order valence-electron chi connectivity index (χ2n) is 8.77. The monoisotopic (exact) mass is 447 g/mol. The SMILES string of the molecule is CN(Cc1ccccc1N1CCOCC1)C(=O)C1CCN(C(=O)C=Cc2ccccc2)CC1. The topological polar surface area (TPSA) is 53.1 Å². The van der Waals surface area contributed by atoms with Gasteiger partial charge in [0.25, 0.3) is 0 Å². The van der Waals surface area contributed by atoms with Crippen molar-refractivity contribution in [2.75, 3.05) is 51.3 Å². The van der Waals surface area contributed by atoms with Crippen molar-refractivity contribution in [3.05, 3.63) is 71.8 Å². The number of nitrogens with zero attached hydrogens (tertiary/aromatic N) is 3. The van der Waals surface area contributed by atoms with E-state index in [1.54, 1.807) is 6.08 Å². The molecule has 0 aliphatic carbocycles. The molecule has 0 bridgehead atoms. The lowest BCUT2D eigenvalue weighted by Crippen LogP contribution is -2.43. The van der Waals surface area contributed by atoms with Crippen molar-refractivity contribution in [2.24, 2.45) is 5.92 Å². The number of piperidine rings is 1. The minimum absolute atomic E-state index is 0.0116. The average molecular weight is 448 g/mol. The van der Waals surface area contributed by atoms with Gasteiger partial charge in [0, 0.05) is 57.5 Å². The predicted molar refractivity (Wildman–Crippen MR) is 131 cm³/mol. The fourth-order valence-corrected chi connectivity index (χ4v) is 4.59. The first-order chi connectivity index (χ1) is 16.1.